The summed E-state index contributed by atoms with van der Waals surface area (Å²) in [5, 5.41) is 4.51. The van der Waals surface area contributed by atoms with Crippen LogP contribution >= 0.6 is 0 Å². The number of piperazine rings is 1. The van der Waals surface area contributed by atoms with Crippen LogP contribution in [0, 0.1) is 11.8 Å². The number of amides is 3. The van der Waals surface area contributed by atoms with Gasteiger partial charge in [0.25, 0.3) is 5.91 Å². The van der Waals surface area contributed by atoms with Gasteiger partial charge in [0.15, 0.2) is 0 Å². The van der Waals surface area contributed by atoms with Crippen LogP contribution < -0.4 is 15.8 Å². The zero-order chi connectivity index (χ0) is 25.1. The Balaban J connectivity index is 1.33. The smallest absolute Gasteiger partial charge is 0.251 e. The molecule has 2 saturated heterocycles. The van der Waals surface area contributed by atoms with Gasteiger partial charge in [-0.05, 0) is 43.7 Å². The van der Waals surface area contributed by atoms with E-state index in [-0.39, 0.29) is 35.6 Å². The predicted octanol–water partition coefficient (Wildman–Crippen LogP) is 2.37. The van der Waals surface area contributed by atoms with Crippen molar-refractivity contribution in [3.63, 3.8) is 0 Å². The molecular weight excluding hydrogens is 454 g/mol. The summed E-state index contributed by atoms with van der Waals surface area (Å²) in [6.07, 6.45) is 5.05. The van der Waals surface area contributed by atoms with Crippen LogP contribution in [-0.4, -0.2) is 67.3 Å². The van der Waals surface area contributed by atoms with Crippen LogP contribution in [0.4, 0.5) is 5.69 Å². The first kappa shape index (κ1) is 24.2. The second-order valence-corrected chi connectivity index (χ2v) is 9.90. The number of anilines is 1. The molecule has 2 fully saturated rings. The van der Waals surface area contributed by atoms with E-state index in [1.54, 1.807) is 24.3 Å². The number of fused-ring (bicyclic) bond motifs is 1. The van der Waals surface area contributed by atoms with Crippen molar-refractivity contribution in [2.75, 3.05) is 44.8 Å². The van der Waals surface area contributed by atoms with Crippen molar-refractivity contribution >= 4 is 23.4 Å². The summed E-state index contributed by atoms with van der Waals surface area (Å²) in [5.74, 6) is -1.21. The molecule has 3 aliphatic rings. The molecule has 3 amide bonds. The quantitative estimate of drug-likeness (QED) is 0.611. The highest BCUT2D eigenvalue weighted by molar-refractivity contribution is 6.05. The first-order chi connectivity index (χ1) is 17.5. The Kier molecular flexibility index (Phi) is 7.16. The molecular formula is C28H33N5O3. The lowest BCUT2D eigenvalue weighted by Gasteiger charge is -2.38. The summed E-state index contributed by atoms with van der Waals surface area (Å²) < 4.78 is 0. The maximum atomic E-state index is 13.4. The highest BCUT2D eigenvalue weighted by atomic mass is 16.2. The van der Waals surface area contributed by atoms with E-state index in [9.17, 15) is 14.4 Å². The number of carbonyl (C=O) groups is 3. The van der Waals surface area contributed by atoms with Gasteiger partial charge in [-0.25, -0.2) is 5.01 Å². The third kappa shape index (κ3) is 5.20. The standard InChI is InChI=1S/C28H33N5O3/c1-31-14-16-32(17-15-31)19-25(20-8-3-2-4-9-20)29-26(34)21-10-7-11-22(18-21)33-28(36)24-13-6-5-12-23(24)27(35)30-33/h2-11,18,23-25H,12-17,19H2,1H3,(H,29,34)(H,30,35). The summed E-state index contributed by atoms with van der Waals surface area (Å²) in [5.41, 5.74) is 4.73. The fourth-order valence-electron chi connectivity index (χ4n) is 5.22. The number of carbonyl (C=O) groups excluding carboxylic acids is 3. The van der Waals surface area contributed by atoms with Gasteiger partial charge in [-0.15, -0.1) is 0 Å². The fraction of sp³-hybridized carbons (Fsp3) is 0.393. The van der Waals surface area contributed by atoms with E-state index in [0.717, 1.165) is 38.3 Å². The first-order valence-electron chi connectivity index (χ1n) is 12.7. The van der Waals surface area contributed by atoms with Gasteiger partial charge in [-0.1, -0.05) is 48.6 Å². The highest BCUT2D eigenvalue weighted by Crippen LogP contribution is 2.32. The number of hydrogen-bond donors (Lipinski definition) is 2. The van der Waals surface area contributed by atoms with Gasteiger partial charge < -0.3 is 10.2 Å². The summed E-state index contributed by atoms with van der Waals surface area (Å²) in [4.78, 5) is 43.9. The van der Waals surface area contributed by atoms with Gasteiger partial charge in [0, 0.05) is 38.3 Å². The number of nitrogens with one attached hydrogen (secondary N) is 2. The van der Waals surface area contributed by atoms with E-state index in [0.29, 0.717) is 24.1 Å². The number of benzene rings is 2. The second-order valence-electron chi connectivity index (χ2n) is 9.90. The largest absolute Gasteiger partial charge is 0.344 e. The van der Waals surface area contributed by atoms with E-state index in [2.05, 4.69) is 27.6 Å². The topological polar surface area (TPSA) is 85.0 Å². The lowest BCUT2D eigenvalue weighted by atomic mass is 9.80. The van der Waals surface area contributed by atoms with Crippen molar-refractivity contribution < 1.29 is 14.4 Å². The van der Waals surface area contributed by atoms with E-state index in [1.807, 2.05) is 42.5 Å². The van der Waals surface area contributed by atoms with Gasteiger partial charge in [-0.3, -0.25) is 24.7 Å². The maximum Gasteiger partial charge on any atom is 0.251 e. The SMILES string of the molecule is CN1CCN(CC(NC(=O)c2cccc(N3NC(=O)C4CC=CCC4C3=O)c2)c2ccccc2)CC1. The Hall–Kier alpha value is -3.49. The minimum Gasteiger partial charge on any atom is -0.344 e. The normalized spacial score (nSPS) is 23.6. The van der Waals surface area contributed by atoms with Gasteiger partial charge >= 0.3 is 0 Å². The molecule has 0 radical (unpaired) electrons. The molecule has 3 unspecified atom stereocenters. The molecule has 2 aromatic carbocycles. The van der Waals surface area contributed by atoms with Crippen molar-refractivity contribution in [2.24, 2.45) is 11.8 Å². The number of hydrazine groups is 1. The van der Waals surface area contributed by atoms with Crippen molar-refractivity contribution in [1.29, 1.82) is 0 Å². The molecule has 36 heavy (non-hydrogen) atoms. The molecule has 1 aliphatic carbocycles. The molecule has 5 rings (SSSR count). The molecule has 3 atom stereocenters. The van der Waals surface area contributed by atoms with Gasteiger partial charge in [-0.2, -0.15) is 0 Å². The Morgan fingerprint density at radius 3 is 2.44 bits per heavy atom. The average molecular weight is 488 g/mol. The Morgan fingerprint density at radius 2 is 1.69 bits per heavy atom. The molecule has 2 heterocycles. The lowest BCUT2D eigenvalue weighted by molar-refractivity contribution is -0.139. The van der Waals surface area contributed by atoms with Crippen LogP contribution in [0.5, 0.6) is 0 Å². The lowest BCUT2D eigenvalue weighted by Crippen LogP contribution is -2.59. The second kappa shape index (κ2) is 10.6. The zero-order valence-corrected chi connectivity index (χ0v) is 20.6. The minimum absolute atomic E-state index is 0.140. The third-order valence-electron chi connectivity index (χ3n) is 7.44. The number of likely N-dealkylation sites (N-methyl/N-ethyl adjacent to an activating group) is 1. The highest BCUT2D eigenvalue weighted by Gasteiger charge is 2.42. The van der Waals surface area contributed by atoms with Crippen LogP contribution in [0.1, 0.15) is 34.8 Å². The number of hydrogen-bond acceptors (Lipinski definition) is 5. The Morgan fingerprint density at radius 1 is 0.972 bits per heavy atom. The van der Waals surface area contributed by atoms with Crippen molar-refractivity contribution in [2.45, 2.75) is 18.9 Å². The van der Waals surface area contributed by atoms with Gasteiger partial charge in [0.1, 0.15) is 0 Å². The van der Waals surface area contributed by atoms with Crippen molar-refractivity contribution in [1.82, 2.24) is 20.5 Å². The molecule has 0 bridgehead atoms. The fourth-order valence-corrected chi connectivity index (χ4v) is 5.22. The summed E-state index contributed by atoms with van der Waals surface area (Å²) in [6, 6.07) is 16.7. The summed E-state index contributed by atoms with van der Waals surface area (Å²) >= 11 is 0. The van der Waals surface area contributed by atoms with E-state index < -0.39 is 0 Å². The number of allylic oxidation sites excluding steroid dienone is 2. The molecule has 8 heteroatoms. The van der Waals surface area contributed by atoms with Crippen LogP contribution in [0.15, 0.2) is 66.7 Å². The number of rotatable bonds is 6. The van der Waals surface area contributed by atoms with Gasteiger partial charge in [0.2, 0.25) is 11.8 Å². The Bertz CT molecular complexity index is 1140. The van der Waals surface area contributed by atoms with Crippen LogP contribution in [0.2, 0.25) is 0 Å². The van der Waals surface area contributed by atoms with Crippen molar-refractivity contribution in [3.05, 3.63) is 77.9 Å². The molecule has 188 valence electrons. The number of nitrogens with zero attached hydrogens (tertiary/aromatic N) is 3. The average Bonchev–Trinajstić information content (AvgIpc) is 2.92. The molecule has 0 aromatic heterocycles. The van der Waals surface area contributed by atoms with Crippen molar-refractivity contribution in [3.8, 4) is 0 Å². The molecule has 0 saturated carbocycles. The summed E-state index contributed by atoms with van der Waals surface area (Å²) in [7, 11) is 2.13. The third-order valence-corrected chi connectivity index (χ3v) is 7.44. The van der Waals surface area contributed by atoms with E-state index >= 15 is 0 Å². The zero-order valence-electron chi connectivity index (χ0n) is 20.6. The molecule has 2 N–H and O–H groups in total. The monoisotopic (exact) mass is 487 g/mol. The summed E-state index contributed by atoms with van der Waals surface area (Å²) in [6.45, 7) is 4.65. The molecule has 2 aromatic rings. The molecule has 8 nitrogen and oxygen atoms in total. The van der Waals surface area contributed by atoms with Gasteiger partial charge in [0.05, 0.1) is 23.6 Å². The minimum atomic E-state index is -0.368. The first-order valence-corrected chi connectivity index (χ1v) is 12.7. The van der Waals surface area contributed by atoms with E-state index in [4.69, 9.17) is 0 Å². The molecule has 0 spiro atoms. The Labute approximate surface area is 211 Å². The van der Waals surface area contributed by atoms with E-state index in [1.165, 1.54) is 5.01 Å². The molecule has 2 aliphatic heterocycles. The van der Waals surface area contributed by atoms with Crippen LogP contribution in [0.3, 0.4) is 0 Å². The van der Waals surface area contributed by atoms with Crippen LogP contribution in [-0.2, 0) is 9.59 Å². The predicted molar refractivity (Wildman–Crippen MR) is 138 cm³/mol. The maximum absolute atomic E-state index is 13.4. The van der Waals surface area contributed by atoms with Crippen LogP contribution in [0.25, 0.3) is 0 Å².